The molecule has 0 bridgehead atoms. The molecule has 0 saturated carbocycles. The zero-order chi connectivity index (χ0) is 10.1. The summed E-state index contributed by atoms with van der Waals surface area (Å²) in [6.07, 6.45) is -3.24. The van der Waals surface area contributed by atoms with Crippen molar-refractivity contribution < 1.29 is 13.2 Å². The van der Waals surface area contributed by atoms with Gasteiger partial charge in [-0.05, 0) is 18.9 Å². The fourth-order valence-electron chi connectivity index (χ4n) is 1.12. The van der Waals surface area contributed by atoms with E-state index in [0.29, 0.717) is 6.42 Å². The number of nitriles is 1. The van der Waals surface area contributed by atoms with Crippen molar-refractivity contribution in [3.8, 4) is 6.07 Å². The highest BCUT2D eigenvalue weighted by molar-refractivity contribution is 5.42. The molecule has 0 unspecified atom stereocenters. The molecule has 1 aliphatic rings. The van der Waals surface area contributed by atoms with Crippen molar-refractivity contribution >= 4 is 0 Å². The van der Waals surface area contributed by atoms with Gasteiger partial charge in [-0.1, -0.05) is 0 Å². The molecule has 0 atom stereocenters. The fraction of sp³-hybridized carbons (Fsp3) is 0.375. The van der Waals surface area contributed by atoms with Crippen molar-refractivity contribution in [2.45, 2.75) is 19.0 Å². The van der Waals surface area contributed by atoms with E-state index in [1.165, 1.54) is 0 Å². The van der Waals surface area contributed by atoms with Gasteiger partial charge in [-0.25, -0.2) is 0 Å². The third-order valence-electron chi connectivity index (χ3n) is 1.76. The lowest BCUT2D eigenvalue weighted by Crippen LogP contribution is -2.17. The molecule has 0 heterocycles. The summed E-state index contributed by atoms with van der Waals surface area (Å²) in [5, 5.41) is 8.43. The standard InChI is InChI=1S/C8H7F3N2/c9-8(10,11)7-3-6(13)2-1-5(7)4-12/h3H,1-2,13H2. The van der Waals surface area contributed by atoms with Crippen LogP contribution in [-0.4, -0.2) is 6.18 Å². The fourth-order valence-corrected chi connectivity index (χ4v) is 1.12. The van der Waals surface area contributed by atoms with Crippen LogP contribution in [-0.2, 0) is 0 Å². The first-order valence-electron chi connectivity index (χ1n) is 3.61. The summed E-state index contributed by atoms with van der Waals surface area (Å²) in [5.41, 5.74) is 4.29. The molecule has 0 aromatic carbocycles. The molecule has 70 valence electrons. The number of rotatable bonds is 0. The van der Waals surface area contributed by atoms with Crippen LogP contribution < -0.4 is 5.73 Å². The van der Waals surface area contributed by atoms with Gasteiger partial charge in [0, 0.05) is 11.3 Å². The first-order chi connectivity index (χ1) is 5.95. The van der Waals surface area contributed by atoms with Crippen molar-refractivity contribution in [2.24, 2.45) is 5.73 Å². The Morgan fingerprint density at radius 2 is 2.00 bits per heavy atom. The highest BCUT2D eigenvalue weighted by Crippen LogP contribution is 2.34. The van der Waals surface area contributed by atoms with E-state index in [1.54, 1.807) is 6.07 Å². The number of hydrogen-bond donors (Lipinski definition) is 1. The van der Waals surface area contributed by atoms with E-state index in [4.69, 9.17) is 11.0 Å². The molecule has 13 heavy (non-hydrogen) atoms. The van der Waals surface area contributed by atoms with Gasteiger partial charge in [0.2, 0.25) is 0 Å². The maximum Gasteiger partial charge on any atom is 0.417 e. The van der Waals surface area contributed by atoms with Crippen LogP contribution in [0.2, 0.25) is 0 Å². The molecule has 0 fully saturated rings. The van der Waals surface area contributed by atoms with E-state index in [2.05, 4.69) is 0 Å². The summed E-state index contributed by atoms with van der Waals surface area (Å²) in [6.45, 7) is 0. The summed E-state index contributed by atoms with van der Waals surface area (Å²) in [6, 6.07) is 1.54. The number of allylic oxidation sites excluding steroid dienone is 4. The Morgan fingerprint density at radius 3 is 2.46 bits per heavy atom. The molecule has 0 aliphatic heterocycles. The van der Waals surface area contributed by atoms with Crippen molar-refractivity contribution in [3.63, 3.8) is 0 Å². The molecule has 0 radical (unpaired) electrons. The second-order valence-electron chi connectivity index (χ2n) is 2.72. The van der Waals surface area contributed by atoms with E-state index in [1.807, 2.05) is 0 Å². The third-order valence-corrected chi connectivity index (χ3v) is 1.76. The first-order valence-corrected chi connectivity index (χ1v) is 3.61. The van der Waals surface area contributed by atoms with Crippen LogP contribution in [0.3, 0.4) is 0 Å². The van der Waals surface area contributed by atoms with Crippen LogP contribution in [0.5, 0.6) is 0 Å². The van der Waals surface area contributed by atoms with Gasteiger partial charge in [0.1, 0.15) is 0 Å². The number of nitrogens with two attached hydrogens (primary N) is 1. The predicted molar refractivity (Wildman–Crippen MR) is 40.2 cm³/mol. The normalized spacial score (nSPS) is 18.2. The summed E-state index contributed by atoms with van der Waals surface area (Å²) in [5.74, 6) is 0. The van der Waals surface area contributed by atoms with Crippen molar-refractivity contribution in [1.82, 2.24) is 0 Å². The van der Waals surface area contributed by atoms with Crippen LogP contribution >= 0.6 is 0 Å². The molecule has 2 nitrogen and oxygen atoms in total. The number of halogens is 3. The maximum atomic E-state index is 12.2. The quantitative estimate of drug-likeness (QED) is 0.632. The average molecular weight is 188 g/mol. The topological polar surface area (TPSA) is 49.8 Å². The Labute approximate surface area is 73.1 Å². The summed E-state index contributed by atoms with van der Waals surface area (Å²) >= 11 is 0. The van der Waals surface area contributed by atoms with Gasteiger partial charge < -0.3 is 5.73 Å². The molecule has 0 amide bonds. The Hall–Kier alpha value is -1.44. The predicted octanol–water partition coefficient (Wildman–Crippen LogP) is 2.01. The molecule has 2 N–H and O–H groups in total. The zero-order valence-corrected chi connectivity index (χ0v) is 6.65. The molecule has 1 aliphatic carbocycles. The smallest absolute Gasteiger partial charge is 0.402 e. The van der Waals surface area contributed by atoms with Crippen LogP contribution in [0.4, 0.5) is 13.2 Å². The molecule has 5 heteroatoms. The lowest BCUT2D eigenvalue weighted by atomic mass is 9.96. The summed E-state index contributed by atoms with van der Waals surface area (Å²) in [7, 11) is 0. The lowest BCUT2D eigenvalue weighted by molar-refractivity contribution is -0.0891. The van der Waals surface area contributed by atoms with Gasteiger partial charge in [0.05, 0.1) is 11.6 Å². The lowest BCUT2D eigenvalue weighted by Gasteiger charge is -2.15. The Bertz CT molecular complexity index is 317. The van der Waals surface area contributed by atoms with Crippen LogP contribution in [0.1, 0.15) is 12.8 Å². The van der Waals surface area contributed by atoms with Gasteiger partial charge in [-0.2, -0.15) is 18.4 Å². The highest BCUT2D eigenvalue weighted by atomic mass is 19.4. The SMILES string of the molecule is N#CC1=C(C(F)(F)F)C=C(N)CC1. The van der Waals surface area contributed by atoms with Crippen molar-refractivity contribution in [1.29, 1.82) is 5.26 Å². The Morgan fingerprint density at radius 1 is 1.38 bits per heavy atom. The van der Waals surface area contributed by atoms with Gasteiger partial charge in [0.15, 0.2) is 0 Å². The van der Waals surface area contributed by atoms with Crippen molar-refractivity contribution in [3.05, 3.63) is 22.9 Å². The number of nitrogens with zero attached hydrogens (tertiary/aromatic N) is 1. The second kappa shape index (κ2) is 3.13. The Balaban J connectivity index is 3.15. The minimum absolute atomic E-state index is 0.0771. The van der Waals surface area contributed by atoms with E-state index in [9.17, 15) is 13.2 Å². The molecular formula is C8H7F3N2. The average Bonchev–Trinajstić information content (AvgIpc) is 2.03. The molecule has 0 aromatic rings. The van der Waals surface area contributed by atoms with Crippen molar-refractivity contribution in [2.75, 3.05) is 0 Å². The monoisotopic (exact) mass is 188 g/mol. The van der Waals surface area contributed by atoms with E-state index in [0.717, 1.165) is 6.08 Å². The van der Waals surface area contributed by atoms with E-state index >= 15 is 0 Å². The van der Waals surface area contributed by atoms with Crippen LogP contribution in [0.15, 0.2) is 22.9 Å². The van der Waals surface area contributed by atoms with Gasteiger partial charge in [-0.3, -0.25) is 0 Å². The van der Waals surface area contributed by atoms with E-state index < -0.39 is 11.7 Å². The molecule has 0 aromatic heterocycles. The molecule has 1 rings (SSSR count). The number of hydrogen-bond acceptors (Lipinski definition) is 2. The molecule has 0 saturated heterocycles. The van der Waals surface area contributed by atoms with E-state index in [-0.39, 0.29) is 17.7 Å². The van der Waals surface area contributed by atoms with Crippen LogP contribution in [0.25, 0.3) is 0 Å². The number of alkyl halides is 3. The zero-order valence-electron chi connectivity index (χ0n) is 6.65. The highest BCUT2D eigenvalue weighted by Gasteiger charge is 2.36. The van der Waals surface area contributed by atoms with Crippen LogP contribution in [0, 0.1) is 11.3 Å². The van der Waals surface area contributed by atoms with Gasteiger partial charge in [0.25, 0.3) is 0 Å². The Kier molecular flexibility index (Phi) is 2.32. The minimum atomic E-state index is -4.48. The van der Waals surface area contributed by atoms with Gasteiger partial charge in [-0.15, -0.1) is 0 Å². The summed E-state index contributed by atoms with van der Waals surface area (Å²) < 4.78 is 36.7. The maximum absolute atomic E-state index is 12.2. The second-order valence-corrected chi connectivity index (χ2v) is 2.72. The largest absolute Gasteiger partial charge is 0.417 e. The summed E-state index contributed by atoms with van der Waals surface area (Å²) in [4.78, 5) is 0. The minimum Gasteiger partial charge on any atom is -0.402 e. The molecule has 0 spiro atoms. The third kappa shape index (κ3) is 2.02. The molecular weight excluding hydrogens is 181 g/mol. The first kappa shape index (κ1) is 9.65. The van der Waals surface area contributed by atoms with Gasteiger partial charge >= 0.3 is 6.18 Å².